The summed E-state index contributed by atoms with van der Waals surface area (Å²) in [7, 11) is -2.94. The zero-order chi connectivity index (χ0) is 13.2. The highest BCUT2D eigenvalue weighted by molar-refractivity contribution is 7.91. The van der Waals surface area contributed by atoms with E-state index in [2.05, 4.69) is 10.3 Å². The van der Waals surface area contributed by atoms with E-state index in [-0.39, 0.29) is 28.5 Å². The number of carbonyl (C=O) groups excluding carboxylic acids is 1. The second-order valence-corrected chi connectivity index (χ2v) is 6.63. The minimum absolute atomic E-state index is 0.0472. The lowest BCUT2D eigenvalue weighted by atomic mass is 10.1. The van der Waals surface area contributed by atoms with Gasteiger partial charge in [0, 0.05) is 24.5 Å². The van der Waals surface area contributed by atoms with Gasteiger partial charge in [0.15, 0.2) is 5.43 Å². The molecule has 1 aliphatic heterocycles. The molecule has 2 rings (SSSR count). The quantitative estimate of drug-likeness (QED) is 0.770. The van der Waals surface area contributed by atoms with E-state index in [9.17, 15) is 18.0 Å². The van der Waals surface area contributed by atoms with Gasteiger partial charge in [0.1, 0.15) is 15.4 Å². The van der Waals surface area contributed by atoms with E-state index in [1.54, 1.807) is 0 Å². The summed E-state index contributed by atoms with van der Waals surface area (Å²) in [4.78, 5) is 25.9. The first-order valence-corrected chi connectivity index (χ1v) is 7.48. The van der Waals surface area contributed by atoms with Crippen LogP contribution in [0.3, 0.4) is 0 Å². The Morgan fingerprint density at radius 1 is 1.33 bits per heavy atom. The number of rotatable bonds is 2. The van der Waals surface area contributed by atoms with Crippen LogP contribution in [0.15, 0.2) is 23.3 Å². The number of aromatic nitrogens is 1. The van der Waals surface area contributed by atoms with Crippen molar-refractivity contribution in [3.8, 4) is 0 Å². The first-order valence-electron chi connectivity index (χ1n) is 5.66. The van der Waals surface area contributed by atoms with Crippen molar-refractivity contribution in [1.29, 1.82) is 0 Å². The number of carbonyl (C=O) groups is 1. The monoisotopic (exact) mass is 270 g/mol. The maximum atomic E-state index is 11.8. The van der Waals surface area contributed by atoms with Gasteiger partial charge in [-0.3, -0.25) is 9.59 Å². The van der Waals surface area contributed by atoms with E-state index in [4.69, 9.17) is 0 Å². The minimum atomic E-state index is -2.94. The summed E-state index contributed by atoms with van der Waals surface area (Å²) >= 11 is 0. The Balaban J connectivity index is 2.01. The molecule has 0 spiro atoms. The van der Waals surface area contributed by atoms with E-state index >= 15 is 0 Å². The topological polar surface area (TPSA) is 96.1 Å². The third kappa shape index (κ3) is 2.98. The van der Waals surface area contributed by atoms with Crippen molar-refractivity contribution in [3.63, 3.8) is 0 Å². The molecule has 0 unspecified atom stereocenters. The predicted octanol–water partition coefficient (Wildman–Crippen LogP) is -0.318. The third-order valence-corrected chi connectivity index (χ3v) is 4.67. The third-order valence-electron chi connectivity index (χ3n) is 2.96. The molecule has 1 aromatic heterocycles. The normalized spacial score (nSPS) is 19.3. The zero-order valence-corrected chi connectivity index (χ0v) is 10.5. The van der Waals surface area contributed by atoms with E-state index in [1.165, 1.54) is 18.5 Å². The first-order chi connectivity index (χ1) is 8.48. The van der Waals surface area contributed by atoms with Crippen LogP contribution in [-0.4, -0.2) is 36.9 Å². The average Bonchev–Trinajstić information content (AvgIpc) is 2.32. The van der Waals surface area contributed by atoms with Crippen LogP contribution in [0.25, 0.3) is 0 Å². The summed E-state index contributed by atoms with van der Waals surface area (Å²) in [6, 6.07) is 1.10. The SMILES string of the molecule is O=C(NC1CCS(=O)(=O)CC1)c1c[nH]ccc1=O. The molecule has 18 heavy (non-hydrogen) atoms. The van der Waals surface area contributed by atoms with Crippen LogP contribution in [-0.2, 0) is 9.84 Å². The summed E-state index contributed by atoms with van der Waals surface area (Å²) in [5.41, 5.74) is -0.305. The lowest BCUT2D eigenvalue weighted by Crippen LogP contribution is -2.42. The van der Waals surface area contributed by atoms with E-state index in [0.29, 0.717) is 12.8 Å². The van der Waals surface area contributed by atoms with Crippen molar-refractivity contribution >= 4 is 15.7 Å². The van der Waals surface area contributed by atoms with Crippen LogP contribution in [0.2, 0.25) is 0 Å². The van der Waals surface area contributed by atoms with Crippen LogP contribution < -0.4 is 10.7 Å². The summed E-state index contributed by atoms with van der Waals surface area (Å²) in [6.45, 7) is 0. The van der Waals surface area contributed by atoms with Crippen LogP contribution in [0, 0.1) is 0 Å². The smallest absolute Gasteiger partial charge is 0.256 e. The Hall–Kier alpha value is -1.63. The van der Waals surface area contributed by atoms with Crippen molar-refractivity contribution in [2.24, 2.45) is 0 Å². The molecule has 2 N–H and O–H groups in total. The van der Waals surface area contributed by atoms with Gasteiger partial charge in [0.25, 0.3) is 5.91 Å². The Labute approximate surface area is 104 Å². The van der Waals surface area contributed by atoms with Gasteiger partial charge in [-0.2, -0.15) is 0 Å². The Morgan fingerprint density at radius 2 is 2.00 bits per heavy atom. The average molecular weight is 270 g/mol. The summed E-state index contributed by atoms with van der Waals surface area (Å²) in [5.74, 6) is -0.284. The second-order valence-electron chi connectivity index (χ2n) is 4.32. The number of pyridine rings is 1. The summed E-state index contributed by atoms with van der Waals surface area (Å²) in [5, 5.41) is 2.69. The molecule has 1 saturated heterocycles. The molecule has 1 aliphatic rings. The van der Waals surface area contributed by atoms with Crippen LogP contribution in [0.5, 0.6) is 0 Å². The summed E-state index contributed by atoms with van der Waals surface area (Å²) in [6.07, 6.45) is 3.60. The van der Waals surface area contributed by atoms with Gasteiger partial charge in [-0.15, -0.1) is 0 Å². The van der Waals surface area contributed by atoms with Crippen molar-refractivity contribution in [2.75, 3.05) is 11.5 Å². The second kappa shape index (κ2) is 4.93. The number of H-pyrrole nitrogens is 1. The van der Waals surface area contributed by atoms with Gasteiger partial charge in [-0.1, -0.05) is 0 Å². The summed E-state index contributed by atoms with van der Waals surface area (Å²) < 4.78 is 22.5. The highest BCUT2D eigenvalue weighted by Gasteiger charge is 2.25. The largest absolute Gasteiger partial charge is 0.367 e. The fourth-order valence-corrected chi connectivity index (χ4v) is 3.38. The van der Waals surface area contributed by atoms with Crippen LogP contribution in [0.1, 0.15) is 23.2 Å². The number of aromatic amines is 1. The molecular weight excluding hydrogens is 256 g/mol. The van der Waals surface area contributed by atoms with Crippen molar-refractivity contribution in [2.45, 2.75) is 18.9 Å². The molecule has 98 valence electrons. The number of nitrogens with one attached hydrogen (secondary N) is 2. The molecule has 0 saturated carbocycles. The molecule has 0 aliphatic carbocycles. The van der Waals surface area contributed by atoms with Crippen LogP contribution >= 0.6 is 0 Å². The molecular formula is C11H14N2O4S. The molecule has 7 heteroatoms. The highest BCUT2D eigenvalue weighted by Crippen LogP contribution is 2.12. The molecule has 1 amide bonds. The number of hydrogen-bond donors (Lipinski definition) is 2. The lowest BCUT2D eigenvalue weighted by molar-refractivity contribution is 0.0933. The molecule has 1 fully saturated rings. The maximum Gasteiger partial charge on any atom is 0.256 e. The van der Waals surface area contributed by atoms with Gasteiger partial charge in [-0.05, 0) is 12.8 Å². The fraction of sp³-hybridized carbons (Fsp3) is 0.455. The van der Waals surface area contributed by atoms with E-state index in [1.807, 2.05) is 0 Å². The molecule has 2 heterocycles. The van der Waals surface area contributed by atoms with Gasteiger partial charge < -0.3 is 10.3 Å². The number of amides is 1. The highest BCUT2D eigenvalue weighted by atomic mass is 32.2. The Morgan fingerprint density at radius 3 is 2.61 bits per heavy atom. The van der Waals surface area contributed by atoms with E-state index in [0.717, 1.165) is 0 Å². The first kappa shape index (κ1) is 12.8. The number of sulfone groups is 1. The molecule has 0 bridgehead atoms. The Kier molecular flexibility index (Phi) is 3.51. The van der Waals surface area contributed by atoms with Gasteiger partial charge in [0.2, 0.25) is 0 Å². The van der Waals surface area contributed by atoms with Crippen molar-refractivity contribution in [3.05, 3.63) is 34.2 Å². The minimum Gasteiger partial charge on any atom is -0.367 e. The standard InChI is InChI=1S/C11H14N2O4S/c14-10-1-4-12-7-9(10)11(15)13-8-2-5-18(16,17)6-3-8/h1,4,7-8H,2-3,5-6H2,(H,12,14)(H,13,15). The lowest BCUT2D eigenvalue weighted by Gasteiger charge is -2.22. The van der Waals surface area contributed by atoms with Crippen molar-refractivity contribution < 1.29 is 13.2 Å². The molecule has 0 radical (unpaired) electrons. The number of hydrogen-bond acceptors (Lipinski definition) is 4. The molecule has 0 atom stereocenters. The van der Waals surface area contributed by atoms with Crippen molar-refractivity contribution in [1.82, 2.24) is 10.3 Å². The van der Waals surface area contributed by atoms with Crippen LogP contribution in [0.4, 0.5) is 0 Å². The molecule has 1 aromatic rings. The predicted molar refractivity (Wildman–Crippen MR) is 66.2 cm³/mol. The fourth-order valence-electron chi connectivity index (χ4n) is 1.89. The van der Waals surface area contributed by atoms with Gasteiger partial charge in [-0.25, -0.2) is 8.42 Å². The maximum absolute atomic E-state index is 11.8. The molecule has 6 nitrogen and oxygen atoms in total. The van der Waals surface area contributed by atoms with Gasteiger partial charge in [0.05, 0.1) is 11.5 Å². The molecule has 0 aromatic carbocycles. The van der Waals surface area contributed by atoms with E-state index < -0.39 is 15.7 Å². The van der Waals surface area contributed by atoms with Gasteiger partial charge >= 0.3 is 0 Å². The Bertz CT molecular complexity index is 591. The zero-order valence-electron chi connectivity index (χ0n) is 9.68.